The number of carbonyl (C=O) groups is 1. The van der Waals surface area contributed by atoms with E-state index >= 15 is 0 Å². The van der Waals surface area contributed by atoms with Gasteiger partial charge in [0, 0.05) is 11.1 Å². The monoisotopic (exact) mass is 352 g/mol. The van der Waals surface area contributed by atoms with Crippen molar-refractivity contribution >= 4 is 5.91 Å². The van der Waals surface area contributed by atoms with E-state index in [0.29, 0.717) is 28.7 Å². The van der Waals surface area contributed by atoms with Crippen molar-refractivity contribution in [1.82, 2.24) is 10.3 Å². The molecule has 1 heterocycles. The quantitative estimate of drug-likeness (QED) is 0.734. The fourth-order valence-corrected chi connectivity index (χ4v) is 2.63. The van der Waals surface area contributed by atoms with Gasteiger partial charge in [0.1, 0.15) is 11.5 Å². The third kappa shape index (κ3) is 3.69. The molecule has 3 aromatic rings. The van der Waals surface area contributed by atoms with Gasteiger partial charge in [-0.15, -0.1) is 0 Å². The average molecular weight is 352 g/mol. The number of carbonyl (C=O) groups excluding carboxylic acids is 1. The normalized spacial score (nSPS) is 10.4. The minimum absolute atomic E-state index is 0.195. The topological polar surface area (TPSA) is 73.6 Å². The lowest BCUT2D eigenvalue weighted by Gasteiger charge is -2.09. The number of methoxy groups -OCH3 is 2. The summed E-state index contributed by atoms with van der Waals surface area (Å²) in [4.78, 5) is 16.9. The SMILES string of the molecule is COc1ccc(C(=O)NCc2nc(-c3ccccc3)c(C)o2)cc1OC. The van der Waals surface area contributed by atoms with Crippen LogP contribution in [0.1, 0.15) is 22.0 Å². The maximum absolute atomic E-state index is 12.4. The Bertz CT molecular complexity index is 903. The molecular weight excluding hydrogens is 332 g/mol. The van der Waals surface area contributed by atoms with Crippen molar-refractivity contribution in [2.75, 3.05) is 14.2 Å². The second-order valence-electron chi connectivity index (χ2n) is 5.63. The van der Waals surface area contributed by atoms with E-state index in [1.54, 1.807) is 25.3 Å². The van der Waals surface area contributed by atoms with Gasteiger partial charge in [0.2, 0.25) is 5.89 Å². The van der Waals surface area contributed by atoms with Gasteiger partial charge in [-0.05, 0) is 25.1 Å². The highest BCUT2D eigenvalue weighted by atomic mass is 16.5. The molecule has 0 bridgehead atoms. The summed E-state index contributed by atoms with van der Waals surface area (Å²) < 4.78 is 16.1. The number of oxazole rings is 1. The summed E-state index contributed by atoms with van der Waals surface area (Å²) in [6.07, 6.45) is 0. The van der Waals surface area contributed by atoms with Gasteiger partial charge in [-0.2, -0.15) is 0 Å². The van der Waals surface area contributed by atoms with Crippen LogP contribution in [0, 0.1) is 6.92 Å². The summed E-state index contributed by atoms with van der Waals surface area (Å²) in [5.41, 5.74) is 2.22. The Balaban J connectivity index is 1.70. The summed E-state index contributed by atoms with van der Waals surface area (Å²) in [5.74, 6) is 1.99. The molecule has 0 unspecified atom stereocenters. The molecule has 0 fully saturated rings. The molecule has 2 aromatic carbocycles. The van der Waals surface area contributed by atoms with Gasteiger partial charge in [0.25, 0.3) is 5.91 Å². The lowest BCUT2D eigenvalue weighted by molar-refractivity contribution is 0.0946. The fraction of sp³-hybridized carbons (Fsp3) is 0.200. The van der Waals surface area contributed by atoms with E-state index < -0.39 is 0 Å². The predicted octanol–water partition coefficient (Wildman–Crippen LogP) is 3.60. The molecule has 0 saturated carbocycles. The third-order valence-electron chi connectivity index (χ3n) is 3.93. The van der Waals surface area contributed by atoms with E-state index in [1.165, 1.54) is 7.11 Å². The van der Waals surface area contributed by atoms with Crippen molar-refractivity contribution in [3.05, 3.63) is 65.7 Å². The second-order valence-corrected chi connectivity index (χ2v) is 5.63. The van der Waals surface area contributed by atoms with Gasteiger partial charge in [0.15, 0.2) is 11.5 Å². The molecule has 0 spiro atoms. The van der Waals surface area contributed by atoms with Gasteiger partial charge in [-0.1, -0.05) is 30.3 Å². The van der Waals surface area contributed by atoms with Gasteiger partial charge in [0.05, 0.1) is 20.8 Å². The molecule has 6 nitrogen and oxygen atoms in total. The molecule has 26 heavy (non-hydrogen) atoms. The van der Waals surface area contributed by atoms with Crippen LogP contribution in [0.15, 0.2) is 52.9 Å². The van der Waals surface area contributed by atoms with Crippen LogP contribution < -0.4 is 14.8 Å². The maximum atomic E-state index is 12.4. The number of nitrogens with zero attached hydrogens (tertiary/aromatic N) is 1. The Morgan fingerprint density at radius 3 is 2.50 bits per heavy atom. The minimum Gasteiger partial charge on any atom is -0.493 e. The first-order valence-corrected chi connectivity index (χ1v) is 8.14. The van der Waals surface area contributed by atoms with Crippen molar-refractivity contribution in [1.29, 1.82) is 0 Å². The Labute approximate surface area is 151 Å². The molecule has 6 heteroatoms. The zero-order valence-electron chi connectivity index (χ0n) is 14.9. The summed E-state index contributed by atoms with van der Waals surface area (Å²) in [7, 11) is 3.08. The first kappa shape index (κ1) is 17.5. The van der Waals surface area contributed by atoms with E-state index in [9.17, 15) is 4.79 Å². The zero-order valence-corrected chi connectivity index (χ0v) is 14.9. The Morgan fingerprint density at radius 1 is 1.08 bits per heavy atom. The number of hydrogen-bond donors (Lipinski definition) is 1. The van der Waals surface area contributed by atoms with Crippen molar-refractivity contribution in [2.45, 2.75) is 13.5 Å². The molecular formula is C20H20N2O4. The number of nitrogens with one attached hydrogen (secondary N) is 1. The van der Waals surface area contributed by atoms with Gasteiger partial charge >= 0.3 is 0 Å². The largest absolute Gasteiger partial charge is 0.493 e. The number of rotatable bonds is 6. The van der Waals surface area contributed by atoms with Crippen LogP contribution in [0.5, 0.6) is 11.5 Å². The van der Waals surface area contributed by atoms with Gasteiger partial charge in [-0.3, -0.25) is 4.79 Å². The summed E-state index contributed by atoms with van der Waals surface area (Å²) in [6.45, 7) is 2.05. The third-order valence-corrected chi connectivity index (χ3v) is 3.93. The van der Waals surface area contributed by atoms with Crippen LogP contribution in [-0.2, 0) is 6.54 Å². The molecule has 3 rings (SSSR count). The van der Waals surface area contributed by atoms with Crippen molar-refractivity contribution in [3.63, 3.8) is 0 Å². The van der Waals surface area contributed by atoms with Crippen LogP contribution in [0.25, 0.3) is 11.3 Å². The Kier molecular flexibility index (Phi) is 5.22. The molecule has 0 atom stereocenters. The van der Waals surface area contributed by atoms with Crippen molar-refractivity contribution in [2.24, 2.45) is 0 Å². The number of aryl methyl sites for hydroxylation is 1. The lowest BCUT2D eigenvalue weighted by Crippen LogP contribution is -2.23. The number of benzene rings is 2. The Morgan fingerprint density at radius 2 is 1.81 bits per heavy atom. The first-order chi connectivity index (χ1) is 12.6. The highest BCUT2D eigenvalue weighted by Crippen LogP contribution is 2.27. The highest BCUT2D eigenvalue weighted by Gasteiger charge is 2.14. The molecule has 1 amide bonds. The number of hydrogen-bond acceptors (Lipinski definition) is 5. The van der Waals surface area contributed by atoms with E-state index in [2.05, 4.69) is 10.3 Å². The molecule has 0 saturated heterocycles. The van der Waals surface area contributed by atoms with Crippen LogP contribution >= 0.6 is 0 Å². The van der Waals surface area contributed by atoms with Crippen LogP contribution in [0.3, 0.4) is 0 Å². The van der Waals surface area contributed by atoms with E-state index in [1.807, 2.05) is 37.3 Å². The maximum Gasteiger partial charge on any atom is 0.251 e. The van der Waals surface area contributed by atoms with Crippen LogP contribution in [0.4, 0.5) is 0 Å². The highest BCUT2D eigenvalue weighted by molar-refractivity contribution is 5.94. The molecule has 1 N–H and O–H groups in total. The van der Waals surface area contributed by atoms with Crippen molar-refractivity contribution in [3.8, 4) is 22.8 Å². The van der Waals surface area contributed by atoms with E-state index in [0.717, 1.165) is 11.3 Å². The average Bonchev–Trinajstić information content (AvgIpc) is 3.06. The standard InChI is InChI=1S/C20H20N2O4/c1-13-19(14-7-5-4-6-8-14)22-18(26-13)12-21-20(23)15-9-10-16(24-2)17(11-15)25-3/h4-11H,12H2,1-3H3,(H,21,23). The predicted molar refractivity (Wildman–Crippen MR) is 97.4 cm³/mol. The summed E-state index contributed by atoms with van der Waals surface area (Å²) in [6, 6.07) is 14.8. The molecule has 0 aliphatic carbocycles. The summed E-state index contributed by atoms with van der Waals surface area (Å²) in [5, 5.41) is 2.80. The first-order valence-electron chi connectivity index (χ1n) is 8.14. The van der Waals surface area contributed by atoms with Gasteiger partial charge in [-0.25, -0.2) is 4.98 Å². The number of amides is 1. The van der Waals surface area contributed by atoms with Gasteiger partial charge < -0.3 is 19.2 Å². The van der Waals surface area contributed by atoms with Crippen LogP contribution in [-0.4, -0.2) is 25.1 Å². The van der Waals surface area contributed by atoms with E-state index in [4.69, 9.17) is 13.9 Å². The molecule has 0 aliphatic rings. The lowest BCUT2D eigenvalue weighted by atomic mass is 10.1. The summed E-state index contributed by atoms with van der Waals surface area (Å²) >= 11 is 0. The fourth-order valence-electron chi connectivity index (χ4n) is 2.63. The zero-order chi connectivity index (χ0) is 18.5. The van der Waals surface area contributed by atoms with Crippen molar-refractivity contribution < 1.29 is 18.7 Å². The minimum atomic E-state index is -0.247. The number of ether oxygens (including phenoxy) is 2. The van der Waals surface area contributed by atoms with Crippen LogP contribution in [0.2, 0.25) is 0 Å². The smallest absolute Gasteiger partial charge is 0.251 e. The molecule has 0 aliphatic heterocycles. The molecule has 134 valence electrons. The second kappa shape index (κ2) is 7.74. The Hall–Kier alpha value is -3.28. The number of aromatic nitrogens is 1. The molecule has 1 aromatic heterocycles. The van der Waals surface area contributed by atoms with E-state index in [-0.39, 0.29) is 12.5 Å². The molecule has 0 radical (unpaired) electrons.